The van der Waals surface area contributed by atoms with Gasteiger partial charge in [0.1, 0.15) is 0 Å². The van der Waals surface area contributed by atoms with Crippen LogP contribution in [0, 0.1) is 12.8 Å². The molecule has 5 heteroatoms. The number of hydrogen-bond acceptors (Lipinski definition) is 5. The quantitative estimate of drug-likeness (QED) is 0.904. The van der Waals surface area contributed by atoms with Gasteiger partial charge in [-0.15, -0.1) is 0 Å². The second-order valence-electron chi connectivity index (χ2n) is 7.51. The summed E-state index contributed by atoms with van der Waals surface area (Å²) in [4.78, 5) is 7.25. The number of aromatic nitrogens is 2. The first-order valence-corrected chi connectivity index (χ1v) is 9.64. The molecule has 0 amide bonds. The second kappa shape index (κ2) is 7.67. The van der Waals surface area contributed by atoms with Crippen LogP contribution in [-0.4, -0.2) is 40.7 Å². The summed E-state index contributed by atoms with van der Waals surface area (Å²) >= 11 is 0. The zero-order valence-electron chi connectivity index (χ0n) is 15.1. The third kappa shape index (κ3) is 3.93. The molecule has 2 atom stereocenters. The van der Waals surface area contributed by atoms with E-state index in [9.17, 15) is 0 Å². The van der Waals surface area contributed by atoms with Crippen LogP contribution in [0.2, 0.25) is 0 Å². The molecule has 0 spiro atoms. The minimum Gasteiger partial charge on any atom is -0.338 e. The fraction of sp³-hybridized carbons (Fsp3) is 0.600. The highest BCUT2D eigenvalue weighted by Crippen LogP contribution is 2.30. The highest BCUT2D eigenvalue weighted by molar-refractivity contribution is 5.55. The minimum atomic E-state index is 0.655. The number of nitrogens with one attached hydrogen (secondary N) is 1. The molecule has 1 aromatic carbocycles. The number of fused-ring (bicyclic) bond motifs is 1. The summed E-state index contributed by atoms with van der Waals surface area (Å²) in [6, 6.07) is 8.99. The number of nitrogens with zero attached hydrogens (tertiary/aromatic N) is 3. The first kappa shape index (κ1) is 16.7. The van der Waals surface area contributed by atoms with Crippen molar-refractivity contribution in [1.29, 1.82) is 0 Å². The van der Waals surface area contributed by atoms with Crippen LogP contribution < -0.4 is 5.32 Å². The summed E-state index contributed by atoms with van der Waals surface area (Å²) in [7, 11) is 0. The van der Waals surface area contributed by atoms with E-state index in [1.54, 1.807) is 0 Å². The van der Waals surface area contributed by atoms with E-state index in [1.807, 2.05) is 12.1 Å². The molecule has 2 saturated heterocycles. The lowest BCUT2D eigenvalue weighted by Crippen LogP contribution is -2.50. The van der Waals surface area contributed by atoms with Crippen molar-refractivity contribution in [2.45, 2.75) is 51.6 Å². The molecule has 2 fully saturated rings. The van der Waals surface area contributed by atoms with Crippen LogP contribution in [0.15, 0.2) is 28.8 Å². The van der Waals surface area contributed by atoms with E-state index >= 15 is 0 Å². The van der Waals surface area contributed by atoms with Crippen molar-refractivity contribution in [2.24, 2.45) is 5.92 Å². The van der Waals surface area contributed by atoms with Gasteiger partial charge in [-0.2, -0.15) is 4.98 Å². The summed E-state index contributed by atoms with van der Waals surface area (Å²) in [6.07, 6.45) is 6.80. The zero-order valence-corrected chi connectivity index (χ0v) is 15.1. The Morgan fingerprint density at radius 2 is 2.12 bits per heavy atom. The van der Waals surface area contributed by atoms with Gasteiger partial charge in [-0.3, -0.25) is 0 Å². The van der Waals surface area contributed by atoms with Crippen LogP contribution in [0.1, 0.15) is 43.6 Å². The lowest BCUT2D eigenvalue weighted by atomic mass is 9.83. The molecular formula is C20H28N4O. The third-order valence-electron chi connectivity index (χ3n) is 5.66. The summed E-state index contributed by atoms with van der Waals surface area (Å²) in [5.74, 6) is 2.11. The summed E-state index contributed by atoms with van der Waals surface area (Å²) < 4.78 is 5.42. The van der Waals surface area contributed by atoms with Gasteiger partial charge in [0.25, 0.3) is 0 Å². The van der Waals surface area contributed by atoms with E-state index in [1.165, 1.54) is 50.8 Å². The second-order valence-corrected chi connectivity index (χ2v) is 7.51. The van der Waals surface area contributed by atoms with E-state index in [2.05, 4.69) is 39.4 Å². The van der Waals surface area contributed by atoms with Crippen molar-refractivity contribution in [3.05, 3.63) is 35.7 Å². The monoisotopic (exact) mass is 340 g/mol. The van der Waals surface area contributed by atoms with Gasteiger partial charge in [0.15, 0.2) is 0 Å². The first-order valence-electron chi connectivity index (χ1n) is 9.64. The fourth-order valence-electron chi connectivity index (χ4n) is 4.41. The van der Waals surface area contributed by atoms with E-state index < -0.39 is 0 Å². The lowest BCUT2D eigenvalue weighted by molar-refractivity contribution is 0.0590. The Labute approximate surface area is 149 Å². The Hall–Kier alpha value is -1.72. The maximum Gasteiger partial charge on any atom is 0.240 e. The van der Waals surface area contributed by atoms with Gasteiger partial charge in [-0.1, -0.05) is 35.3 Å². The van der Waals surface area contributed by atoms with Crippen LogP contribution in [0.4, 0.5) is 0 Å². The first-order chi connectivity index (χ1) is 12.3. The van der Waals surface area contributed by atoms with E-state index in [0.717, 1.165) is 24.1 Å². The topological polar surface area (TPSA) is 54.2 Å². The minimum absolute atomic E-state index is 0.655. The average Bonchev–Trinajstić information content (AvgIpc) is 3.11. The molecule has 0 unspecified atom stereocenters. The molecule has 2 aliphatic rings. The molecule has 0 saturated carbocycles. The third-order valence-corrected chi connectivity index (χ3v) is 5.66. The SMILES string of the molecule is Cc1cccc(-c2noc(CNC[C@@H]3CCCN4CCCC[C@H]34)n2)c1. The van der Waals surface area contributed by atoms with Crippen molar-refractivity contribution in [2.75, 3.05) is 19.6 Å². The Morgan fingerprint density at radius 1 is 1.20 bits per heavy atom. The van der Waals surface area contributed by atoms with Crippen molar-refractivity contribution >= 4 is 0 Å². The molecule has 25 heavy (non-hydrogen) atoms. The number of piperidine rings is 2. The predicted molar refractivity (Wildman–Crippen MR) is 98.1 cm³/mol. The largest absolute Gasteiger partial charge is 0.338 e. The highest BCUT2D eigenvalue weighted by atomic mass is 16.5. The highest BCUT2D eigenvalue weighted by Gasteiger charge is 2.32. The molecule has 5 nitrogen and oxygen atoms in total. The molecule has 134 valence electrons. The van der Waals surface area contributed by atoms with Gasteiger partial charge >= 0.3 is 0 Å². The van der Waals surface area contributed by atoms with E-state index in [0.29, 0.717) is 18.3 Å². The standard InChI is InChI=1S/C20H28N4O/c1-15-6-4-7-16(12-15)20-22-19(25-23-20)14-21-13-17-8-5-11-24-10-3-2-9-18(17)24/h4,6-7,12,17-18,21H,2-3,5,8-11,13-14H2,1H3/t17-,18+/m0/s1. The lowest BCUT2D eigenvalue weighted by Gasteiger charge is -2.44. The van der Waals surface area contributed by atoms with Crippen molar-refractivity contribution in [3.63, 3.8) is 0 Å². The molecule has 4 rings (SSSR count). The van der Waals surface area contributed by atoms with Crippen LogP contribution in [0.5, 0.6) is 0 Å². The summed E-state index contributed by atoms with van der Waals surface area (Å²) in [5, 5.41) is 7.68. The van der Waals surface area contributed by atoms with E-state index in [-0.39, 0.29) is 0 Å². The van der Waals surface area contributed by atoms with Crippen LogP contribution in [-0.2, 0) is 6.54 Å². The maximum atomic E-state index is 5.42. The molecule has 1 aromatic heterocycles. The average molecular weight is 340 g/mol. The Bertz CT molecular complexity index is 697. The molecule has 3 heterocycles. The van der Waals surface area contributed by atoms with Crippen LogP contribution >= 0.6 is 0 Å². The van der Waals surface area contributed by atoms with Gasteiger partial charge in [0, 0.05) is 11.6 Å². The molecular weight excluding hydrogens is 312 g/mol. The van der Waals surface area contributed by atoms with Gasteiger partial charge in [-0.05, 0) is 64.2 Å². The van der Waals surface area contributed by atoms with Gasteiger partial charge in [0.2, 0.25) is 11.7 Å². The molecule has 0 bridgehead atoms. The van der Waals surface area contributed by atoms with Gasteiger partial charge < -0.3 is 14.7 Å². The van der Waals surface area contributed by atoms with Crippen molar-refractivity contribution in [1.82, 2.24) is 20.4 Å². The molecule has 2 aromatic rings. The van der Waals surface area contributed by atoms with Gasteiger partial charge in [0.05, 0.1) is 6.54 Å². The zero-order chi connectivity index (χ0) is 17.1. The molecule has 0 radical (unpaired) electrons. The number of benzene rings is 1. The Morgan fingerprint density at radius 3 is 3.04 bits per heavy atom. The fourth-order valence-corrected chi connectivity index (χ4v) is 4.41. The number of rotatable bonds is 5. The summed E-state index contributed by atoms with van der Waals surface area (Å²) in [6.45, 7) is 6.37. The van der Waals surface area contributed by atoms with E-state index in [4.69, 9.17) is 4.52 Å². The number of aryl methyl sites for hydroxylation is 1. The Kier molecular flexibility index (Phi) is 5.13. The van der Waals surface area contributed by atoms with Crippen molar-refractivity contribution < 1.29 is 4.52 Å². The molecule has 0 aliphatic carbocycles. The van der Waals surface area contributed by atoms with Crippen molar-refractivity contribution in [3.8, 4) is 11.4 Å². The number of hydrogen-bond donors (Lipinski definition) is 1. The predicted octanol–water partition coefficient (Wildman–Crippen LogP) is 3.40. The van der Waals surface area contributed by atoms with Crippen LogP contribution in [0.25, 0.3) is 11.4 Å². The van der Waals surface area contributed by atoms with Crippen LogP contribution in [0.3, 0.4) is 0 Å². The molecule has 1 N–H and O–H groups in total. The maximum absolute atomic E-state index is 5.42. The molecule has 2 aliphatic heterocycles. The van der Waals surface area contributed by atoms with Gasteiger partial charge in [-0.25, -0.2) is 0 Å². The summed E-state index contributed by atoms with van der Waals surface area (Å²) in [5.41, 5.74) is 2.22. The smallest absolute Gasteiger partial charge is 0.240 e. The normalized spacial score (nSPS) is 24.2. The Balaban J connectivity index is 1.31.